The summed E-state index contributed by atoms with van der Waals surface area (Å²) in [6.07, 6.45) is 6.01. The van der Waals surface area contributed by atoms with Crippen LogP contribution in [0.3, 0.4) is 0 Å². The standard InChI is InChI=1S/C31H27NO6S/c33-30(34)28-24(11-6-7-16-36-28)22-13-14-27-26(18-22)29(25-12-5-4-10-23(25)20-37-27)39-17-15-32-31(35)38-19-21-8-2-1-3-9-21/h1-14,16,18,29H,15,17,19-20H2,(H,32,35)(H,33,34). The van der Waals surface area contributed by atoms with Crippen LogP contribution in [0.2, 0.25) is 0 Å². The summed E-state index contributed by atoms with van der Waals surface area (Å²) in [6.45, 7) is 1.06. The lowest BCUT2D eigenvalue weighted by molar-refractivity contribution is -0.135. The number of aliphatic carboxylic acids is 1. The van der Waals surface area contributed by atoms with Gasteiger partial charge in [0.05, 0.1) is 11.5 Å². The van der Waals surface area contributed by atoms with Crippen LogP contribution >= 0.6 is 11.8 Å². The van der Waals surface area contributed by atoms with E-state index in [9.17, 15) is 14.7 Å². The van der Waals surface area contributed by atoms with Crippen molar-refractivity contribution in [3.63, 3.8) is 0 Å². The lowest BCUT2D eigenvalue weighted by Crippen LogP contribution is -2.26. The molecule has 1 atom stereocenters. The molecule has 7 nitrogen and oxygen atoms in total. The highest BCUT2D eigenvalue weighted by Crippen LogP contribution is 2.45. The van der Waals surface area contributed by atoms with E-state index in [0.29, 0.717) is 30.0 Å². The smallest absolute Gasteiger partial charge is 0.407 e. The molecule has 2 aliphatic rings. The molecule has 198 valence electrons. The van der Waals surface area contributed by atoms with Crippen LogP contribution in [0.25, 0.3) is 5.57 Å². The number of rotatable bonds is 8. The minimum atomic E-state index is -1.14. The van der Waals surface area contributed by atoms with Crippen LogP contribution in [0.1, 0.15) is 33.1 Å². The third kappa shape index (κ3) is 6.35. The number of carbonyl (C=O) groups is 2. The number of fused-ring (bicyclic) bond motifs is 2. The first-order valence-electron chi connectivity index (χ1n) is 12.5. The molecule has 0 bridgehead atoms. The Kier molecular flexibility index (Phi) is 8.33. The van der Waals surface area contributed by atoms with Gasteiger partial charge in [-0.2, -0.15) is 0 Å². The highest BCUT2D eigenvalue weighted by Gasteiger charge is 2.27. The zero-order chi connectivity index (χ0) is 27.0. The number of hydrogen-bond donors (Lipinski definition) is 2. The quantitative estimate of drug-likeness (QED) is 0.327. The molecule has 0 saturated carbocycles. The number of carbonyl (C=O) groups excluding carboxylic acids is 1. The minimum absolute atomic E-state index is 0.0940. The summed E-state index contributed by atoms with van der Waals surface area (Å²) in [4.78, 5) is 24.1. The van der Waals surface area contributed by atoms with Crippen molar-refractivity contribution in [1.29, 1.82) is 0 Å². The van der Waals surface area contributed by atoms with Gasteiger partial charge in [-0.1, -0.05) is 72.8 Å². The van der Waals surface area contributed by atoms with Gasteiger partial charge in [0, 0.05) is 23.4 Å². The molecular weight excluding hydrogens is 514 g/mol. The van der Waals surface area contributed by atoms with Crippen LogP contribution in [0, 0.1) is 0 Å². The summed E-state index contributed by atoms with van der Waals surface area (Å²) in [5, 5.41) is 12.5. The molecule has 0 aromatic heterocycles. The summed E-state index contributed by atoms with van der Waals surface area (Å²) in [7, 11) is 0. The summed E-state index contributed by atoms with van der Waals surface area (Å²) >= 11 is 1.67. The van der Waals surface area contributed by atoms with Crippen LogP contribution in [-0.2, 0) is 27.5 Å². The third-order valence-corrected chi connectivity index (χ3v) is 7.55. The second kappa shape index (κ2) is 12.4. The largest absolute Gasteiger partial charge is 0.489 e. The van der Waals surface area contributed by atoms with Crippen molar-refractivity contribution in [2.24, 2.45) is 0 Å². The fourth-order valence-corrected chi connectivity index (χ4v) is 5.65. The maximum absolute atomic E-state index is 12.2. The van der Waals surface area contributed by atoms with Crippen molar-refractivity contribution in [3.8, 4) is 5.75 Å². The molecule has 1 amide bonds. The number of thioether (sulfide) groups is 1. The van der Waals surface area contributed by atoms with Crippen LogP contribution in [0.15, 0.2) is 103 Å². The summed E-state index contributed by atoms with van der Waals surface area (Å²) in [5.74, 6) is 0.0713. The number of ether oxygens (including phenoxy) is 3. The maximum Gasteiger partial charge on any atom is 0.407 e. The monoisotopic (exact) mass is 541 g/mol. The number of alkyl carbamates (subject to hydrolysis) is 1. The van der Waals surface area contributed by atoms with Gasteiger partial charge in [0.25, 0.3) is 0 Å². The molecule has 5 rings (SSSR count). The molecule has 3 aromatic rings. The predicted molar refractivity (Wildman–Crippen MR) is 150 cm³/mol. The van der Waals surface area contributed by atoms with E-state index >= 15 is 0 Å². The number of amides is 1. The van der Waals surface area contributed by atoms with Crippen molar-refractivity contribution in [3.05, 3.63) is 131 Å². The van der Waals surface area contributed by atoms with Crippen molar-refractivity contribution in [1.82, 2.24) is 5.32 Å². The van der Waals surface area contributed by atoms with Gasteiger partial charge in [0.2, 0.25) is 5.76 Å². The van der Waals surface area contributed by atoms with E-state index in [1.165, 1.54) is 6.26 Å². The van der Waals surface area contributed by atoms with E-state index < -0.39 is 12.1 Å². The number of nitrogens with one attached hydrogen (secondary N) is 1. The van der Waals surface area contributed by atoms with Gasteiger partial charge >= 0.3 is 12.1 Å². The topological polar surface area (TPSA) is 94.1 Å². The molecule has 0 radical (unpaired) electrons. The Morgan fingerprint density at radius 3 is 2.67 bits per heavy atom. The van der Waals surface area contributed by atoms with Crippen molar-refractivity contribution in [2.75, 3.05) is 12.3 Å². The summed E-state index contributed by atoms with van der Waals surface area (Å²) in [6, 6.07) is 23.3. The lowest BCUT2D eigenvalue weighted by atomic mass is 9.95. The molecule has 1 unspecified atom stereocenters. The second-order valence-corrected chi connectivity index (χ2v) is 10.0. The van der Waals surface area contributed by atoms with Gasteiger partial charge in [-0.3, -0.25) is 0 Å². The zero-order valence-electron chi connectivity index (χ0n) is 21.0. The number of carboxylic acid groups (broad SMARTS) is 1. The van der Waals surface area contributed by atoms with Gasteiger partial charge in [-0.15, -0.1) is 11.8 Å². The first-order chi connectivity index (χ1) is 19.1. The first-order valence-corrected chi connectivity index (χ1v) is 13.5. The number of hydrogen-bond acceptors (Lipinski definition) is 6. The van der Waals surface area contributed by atoms with E-state index in [4.69, 9.17) is 14.2 Å². The first kappa shape index (κ1) is 26.2. The molecular formula is C31H27NO6S. The molecule has 0 aliphatic carbocycles. The number of carboxylic acids is 1. The van der Waals surface area contributed by atoms with Crippen LogP contribution in [0.4, 0.5) is 4.79 Å². The Morgan fingerprint density at radius 1 is 1.00 bits per heavy atom. The van der Waals surface area contributed by atoms with Crippen LogP contribution < -0.4 is 10.1 Å². The van der Waals surface area contributed by atoms with Gasteiger partial charge in [-0.25, -0.2) is 9.59 Å². The van der Waals surface area contributed by atoms with Gasteiger partial charge in [-0.05, 0) is 40.5 Å². The fraction of sp³-hybridized carbons (Fsp3) is 0.161. The van der Waals surface area contributed by atoms with Crippen molar-refractivity contribution in [2.45, 2.75) is 18.5 Å². The Labute approximate surface area is 230 Å². The van der Waals surface area contributed by atoms with E-state index in [0.717, 1.165) is 28.0 Å². The Hall–Kier alpha value is -4.43. The fourth-order valence-electron chi connectivity index (χ4n) is 4.42. The normalized spacial score (nSPS) is 15.6. The SMILES string of the molecule is O=C(NCCSC1c2ccccc2COc2ccc(C3=C(C(=O)O)OC=CC=C3)cc21)OCc1ccccc1. The lowest BCUT2D eigenvalue weighted by Gasteiger charge is -2.20. The number of allylic oxidation sites excluding steroid dienone is 4. The Morgan fingerprint density at radius 2 is 1.82 bits per heavy atom. The average Bonchev–Trinajstić information content (AvgIpc) is 3.30. The molecule has 0 spiro atoms. The van der Waals surface area contributed by atoms with E-state index in [-0.39, 0.29) is 17.6 Å². The van der Waals surface area contributed by atoms with Crippen LogP contribution in [0.5, 0.6) is 5.75 Å². The van der Waals surface area contributed by atoms with Gasteiger partial charge < -0.3 is 24.6 Å². The molecule has 8 heteroatoms. The molecule has 0 fully saturated rings. The van der Waals surface area contributed by atoms with Crippen molar-refractivity contribution < 1.29 is 28.9 Å². The Balaban J connectivity index is 1.35. The maximum atomic E-state index is 12.2. The summed E-state index contributed by atoms with van der Waals surface area (Å²) in [5.41, 5.74) is 5.23. The van der Waals surface area contributed by atoms with Crippen molar-refractivity contribution >= 4 is 29.4 Å². The number of benzene rings is 3. The summed E-state index contributed by atoms with van der Waals surface area (Å²) < 4.78 is 16.9. The molecule has 2 aliphatic heterocycles. The van der Waals surface area contributed by atoms with E-state index in [2.05, 4.69) is 11.4 Å². The molecule has 2 heterocycles. The predicted octanol–water partition coefficient (Wildman–Crippen LogP) is 6.22. The third-order valence-electron chi connectivity index (χ3n) is 6.27. The van der Waals surface area contributed by atoms with E-state index in [1.807, 2.05) is 66.7 Å². The van der Waals surface area contributed by atoms with Gasteiger partial charge in [0.1, 0.15) is 19.0 Å². The minimum Gasteiger partial charge on any atom is -0.489 e. The van der Waals surface area contributed by atoms with E-state index in [1.54, 1.807) is 30.0 Å². The highest BCUT2D eigenvalue weighted by molar-refractivity contribution is 7.99. The Bertz CT molecular complexity index is 1450. The molecule has 2 N–H and O–H groups in total. The highest BCUT2D eigenvalue weighted by atomic mass is 32.2. The van der Waals surface area contributed by atoms with Crippen LogP contribution in [-0.4, -0.2) is 29.5 Å². The molecule has 3 aromatic carbocycles. The van der Waals surface area contributed by atoms with Gasteiger partial charge in [0.15, 0.2) is 0 Å². The molecule has 39 heavy (non-hydrogen) atoms. The zero-order valence-corrected chi connectivity index (χ0v) is 21.9. The average molecular weight is 542 g/mol. The molecule has 0 saturated heterocycles. The second-order valence-electron chi connectivity index (χ2n) is 8.83.